The summed E-state index contributed by atoms with van der Waals surface area (Å²) in [5.41, 5.74) is 0. The van der Waals surface area contributed by atoms with Gasteiger partial charge in [-0.25, -0.2) is 0 Å². The Bertz CT molecular complexity index is 234. The number of hydrogen-bond donors (Lipinski definition) is 2. The Kier molecular flexibility index (Phi) is 9.37. The summed E-state index contributed by atoms with van der Waals surface area (Å²) in [5, 5.41) is 11.3. The number of hydrogen-bond acceptors (Lipinski definition) is 4. The van der Waals surface area contributed by atoms with Crippen LogP contribution < -0.4 is 5.32 Å². The van der Waals surface area contributed by atoms with E-state index < -0.39 is 5.97 Å². The minimum Gasteiger partial charge on any atom is -0.481 e. The van der Waals surface area contributed by atoms with Crippen molar-refractivity contribution in [3.8, 4) is 0 Å². The third-order valence-electron chi connectivity index (χ3n) is 2.18. The van der Waals surface area contributed by atoms with E-state index in [0.717, 1.165) is 13.0 Å². The quantitative estimate of drug-likeness (QED) is 0.528. The molecular formula is C11H22N2O4. The Hall–Kier alpha value is -1.14. The predicted octanol–water partition coefficient (Wildman–Crippen LogP) is -0.0643. The number of rotatable bonds is 10. The molecule has 0 radical (unpaired) electrons. The third kappa shape index (κ3) is 9.77. The maximum Gasteiger partial charge on any atom is 0.304 e. The number of carboxylic acids is 1. The monoisotopic (exact) mass is 246 g/mol. The van der Waals surface area contributed by atoms with Crippen molar-refractivity contribution in [1.29, 1.82) is 0 Å². The molecule has 0 rings (SSSR count). The zero-order valence-electron chi connectivity index (χ0n) is 10.6. The molecule has 6 nitrogen and oxygen atoms in total. The summed E-state index contributed by atoms with van der Waals surface area (Å²) in [4.78, 5) is 23.8. The second kappa shape index (κ2) is 10.0. The van der Waals surface area contributed by atoms with E-state index in [2.05, 4.69) is 5.32 Å². The molecule has 0 aromatic carbocycles. The second-order valence-electron chi connectivity index (χ2n) is 3.76. The number of nitrogens with one attached hydrogen (secondary N) is 1. The van der Waals surface area contributed by atoms with Gasteiger partial charge < -0.3 is 15.2 Å². The number of carboxylic acid groups (broad SMARTS) is 1. The fourth-order valence-electron chi connectivity index (χ4n) is 1.39. The van der Waals surface area contributed by atoms with Gasteiger partial charge in [-0.05, 0) is 13.0 Å². The number of carbonyl (C=O) groups excluding carboxylic acids is 1. The summed E-state index contributed by atoms with van der Waals surface area (Å²) in [5.74, 6) is -0.938. The van der Waals surface area contributed by atoms with Gasteiger partial charge in [0.15, 0.2) is 0 Å². The number of amides is 1. The van der Waals surface area contributed by atoms with Gasteiger partial charge in [0.25, 0.3) is 0 Å². The van der Waals surface area contributed by atoms with Gasteiger partial charge in [0.2, 0.25) is 5.91 Å². The molecule has 0 aliphatic carbocycles. The van der Waals surface area contributed by atoms with Crippen molar-refractivity contribution in [3.05, 3.63) is 0 Å². The van der Waals surface area contributed by atoms with Crippen LogP contribution in [0.1, 0.15) is 19.8 Å². The van der Waals surface area contributed by atoms with Crippen LogP contribution in [0.25, 0.3) is 0 Å². The largest absolute Gasteiger partial charge is 0.481 e. The summed E-state index contributed by atoms with van der Waals surface area (Å²) in [6.45, 7) is 4.33. The van der Waals surface area contributed by atoms with Crippen LogP contribution in [0, 0.1) is 0 Å². The molecule has 17 heavy (non-hydrogen) atoms. The van der Waals surface area contributed by atoms with E-state index >= 15 is 0 Å². The zero-order chi connectivity index (χ0) is 13.1. The lowest BCUT2D eigenvalue weighted by atomic mass is 10.3. The van der Waals surface area contributed by atoms with Crippen molar-refractivity contribution in [1.82, 2.24) is 10.2 Å². The Balaban J connectivity index is 3.88. The first-order chi connectivity index (χ1) is 8.10. The van der Waals surface area contributed by atoms with Crippen LogP contribution in [0.4, 0.5) is 0 Å². The normalized spacial score (nSPS) is 10.5. The average molecular weight is 246 g/mol. The van der Waals surface area contributed by atoms with E-state index in [-0.39, 0.29) is 18.9 Å². The minimum atomic E-state index is -0.842. The first-order valence-corrected chi connectivity index (χ1v) is 5.80. The van der Waals surface area contributed by atoms with Gasteiger partial charge in [-0.2, -0.15) is 0 Å². The van der Waals surface area contributed by atoms with Crippen molar-refractivity contribution < 1.29 is 19.4 Å². The van der Waals surface area contributed by atoms with Gasteiger partial charge >= 0.3 is 5.97 Å². The molecular weight excluding hydrogens is 224 g/mol. The minimum absolute atomic E-state index is 0.0609. The van der Waals surface area contributed by atoms with E-state index in [4.69, 9.17) is 9.84 Å². The van der Waals surface area contributed by atoms with Crippen LogP contribution in [0.3, 0.4) is 0 Å². The van der Waals surface area contributed by atoms with Crippen LogP contribution in [0.15, 0.2) is 0 Å². The van der Waals surface area contributed by atoms with Crippen LogP contribution in [-0.2, 0) is 14.3 Å². The maximum atomic E-state index is 11.5. The van der Waals surface area contributed by atoms with Gasteiger partial charge in [-0.1, -0.05) is 6.92 Å². The van der Waals surface area contributed by atoms with Gasteiger partial charge in [0, 0.05) is 20.2 Å². The highest BCUT2D eigenvalue weighted by Gasteiger charge is 2.10. The standard InChI is InChI=1S/C11H22N2O4/c1-3-6-13(7-4-11(15)16)9-10(14)12-5-8-17-2/h3-9H2,1-2H3,(H,12,14)(H,15,16). The maximum absolute atomic E-state index is 11.5. The van der Waals surface area contributed by atoms with Crippen molar-refractivity contribution in [2.45, 2.75) is 19.8 Å². The lowest BCUT2D eigenvalue weighted by molar-refractivity contribution is -0.137. The smallest absolute Gasteiger partial charge is 0.304 e. The topological polar surface area (TPSA) is 78.9 Å². The van der Waals surface area contributed by atoms with Gasteiger partial charge in [-0.3, -0.25) is 14.5 Å². The van der Waals surface area contributed by atoms with Gasteiger partial charge in [0.1, 0.15) is 0 Å². The van der Waals surface area contributed by atoms with Crippen molar-refractivity contribution in [3.63, 3.8) is 0 Å². The molecule has 0 saturated carbocycles. The molecule has 0 bridgehead atoms. The molecule has 0 spiro atoms. The fourth-order valence-corrected chi connectivity index (χ4v) is 1.39. The van der Waals surface area contributed by atoms with Crippen LogP contribution in [-0.4, -0.2) is 61.8 Å². The van der Waals surface area contributed by atoms with Crippen LogP contribution >= 0.6 is 0 Å². The summed E-state index contributed by atoms with van der Waals surface area (Å²) < 4.78 is 4.82. The number of aliphatic carboxylic acids is 1. The first-order valence-electron chi connectivity index (χ1n) is 5.80. The predicted molar refractivity (Wildman–Crippen MR) is 63.9 cm³/mol. The van der Waals surface area contributed by atoms with Crippen molar-refractivity contribution in [2.24, 2.45) is 0 Å². The van der Waals surface area contributed by atoms with Crippen LogP contribution in [0.2, 0.25) is 0 Å². The summed E-state index contributed by atoms with van der Waals surface area (Å²) in [6.07, 6.45) is 0.955. The van der Waals surface area contributed by atoms with Crippen LogP contribution in [0.5, 0.6) is 0 Å². The fraction of sp³-hybridized carbons (Fsp3) is 0.818. The molecule has 1 amide bonds. The highest BCUT2D eigenvalue weighted by atomic mass is 16.5. The second-order valence-corrected chi connectivity index (χ2v) is 3.76. The molecule has 0 heterocycles. The number of carbonyl (C=O) groups is 2. The molecule has 0 aromatic rings. The van der Waals surface area contributed by atoms with Gasteiger partial charge in [-0.15, -0.1) is 0 Å². The lowest BCUT2D eigenvalue weighted by Crippen LogP contribution is -2.39. The zero-order valence-corrected chi connectivity index (χ0v) is 10.6. The Labute approximate surface area is 102 Å². The molecule has 6 heteroatoms. The third-order valence-corrected chi connectivity index (χ3v) is 2.18. The number of methoxy groups -OCH3 is 1. The Morgan fingerprint density at radius 3 is 2.59 bits per heavy atom. The summed E-state index contributed by atoms with van der Waals surface area (Å²) >= 11 is 0. The molecule has 0 atom stereocenters. The van der Waals surface area contributed by atoms with Crippen molar-refractivity contribution in [2.75, 3.05) is 39.9 Å². The van der Waals surface area contributed by atoms with E-state index in [0.29, 0.717) is 19.7 Å². The number of nitrogens with zero attached hydrogens (tertiary/aromatic N) is 1. The van der Waals surface area contributed by atoms with E-state index in [1.807, 2.05) is 11.8 Å². The number of ether oxygens (including phenoxy) is 1. The molecule has 100 valence electrons. The first kappa shape index (κ1) is 15.9. The SMILES string of the molecule is CCCN(CCC(=O)O)CC(=O)NCCOC. The van der Waals surface area contributed by atoms with E-state index in [9.17, 15) is 9.59 Å². The Morgan fingerprint density at radius 2 is 2.06 bits per heavy atom. The molecule has 0 aromatic heterocycles. The molecule has 0 fully saturated rings. The molecule has 0 aliphatic rings. The highest BCUT2D eigenvalue weighted by molar-refractivity contribution is 5.78. The van der Waals surface area contributed by atoms with E-state index in [1.54, 1.807) is 7.11 Å². The Morgan fingerprint density at radius 1 is 1.35 bits per heavy atom. The summed E-state index contributed by atoms with van der Waals surface area (Å²) in [7, 11) is 1.57. The molecule has 0 saturated heterocycles. The molecule has 2 N–H and O–H groups in total. The summed E-state index contributed by atoms with van der Waals surface area (Å²) in [6, 6.07) is 0. The van der Waals surface area contributed by atoms with Gasteiger partial charge in [0.05, 0.1) is 19.6 Å². The lowest BCUT2D eigenvalue weighted by Gasteiger charge is -2.20. The van der Waals surface area contributed by atoms with Crippen molar-refractivity contribution >= 4 is 11.9 Å². The highest BCUT2D eigenvalue weighted by Crippen LogP contribution is 1.94. The molecule has 0 aliphatic heterocycles. The molecule has 0 unspecified atom stereocenters. The average Bonchev–Trinajstić information content (AvgIpc) is 2.26. The van der Waals surface area contributed by atoms with E-state index in [1.165, 1.54) is 0 Å².